The molecular formula is C10H8N4OS2. The highest BCUT2D eigenvalue weighted by Crippen LogP contribution is 2.38. The van der Waals surface area contributed by atoms with Gasteiger partial charge in [0.05, 0.1) is 12.1 Å². The molecule has 17 heavy (non-hydrogen) atoms. The van der Waals surface area contributed by atoms with E-state index in [1.807, 2.05) is 4.90 Å². The molecular weight excluding hydrogens is 256 g/mol. The number of carbonyl (C=O) groups excluding carboxylic acids is 1. The molecule has 2 aliphatic rings. The predicted molar refractivity (Wildman–Crippen MR) is 70.2 cm³/mol. The standard InChI is InChI=1S/C10H8N4OS2/c15-8(7-2-1-3-11-6-7)13-10-14-5-4-12-9(14)16-17-10/h1-3,6H,4-5H2. The lowest BCUT2D eigenvalue weighted by Crippen LogP contribution is -2.26. The second-order valence-electron chi connectivity index (χ2n) is 3.42. The largest absolute Gasteiger partial charge is 0.297 e. The van der Waals surface area contributed by atoms with Crippen molar-refractivity contribution in [1.29, 1.82) is 0 Å². The third kappa shape index (κ3) is 2.07. The van der Waals surface area contributed by atoms with E-state index >= 15 is 0 Å². The van der Waals surface area contributed by atoms with Crippen molar-refractivity contribution >= 4 is 37.8 Å². The Morgan fingerprint density at radius 3 is 3.24 bits per heavy atom. The number of hydrogen-bond acceptors (Lipinski definition) is 5. The smallest absolute Gasteiger partial charge is 0.280 e. The molecule has 1 aromatic rings. The molecule has 2 aliphatic heterocycles. The van der Waals surface area contributed by atoms with Gasteiger partial charge in [0.2, 0.25) is 0 Å². The molecule has 1 fully saturated rings. The van der Waals surface area contributed by atoms with E-state index in [1.54, 1.807) is 29.1 Å². The molecule has 3 heterocycles. The van der Waals surface area contributed by atoms with E-state index in [0.29, 0.717) is 5.56 Å². The van der Waals surface area contributed by atoms with Crippen molar-refractivity contribution in [2.45, 2.75) is 0 Å². The number of rotatable bonds is 1. The lowest BCUT2D eigenvalue weighted by atomic mass is 10.3. The topological polar surface area (TPSA) is 57.9 Å². The van der Waals surface area contributed by atoms with Gasteiger partial charge < -0.3 is 0 Å². The molecule has 0 spiro atoms. The Morgan fingerprint density at radius 1 is 1.47 bits per heavy atom. The molecule has 3 rings (SSSR count). The van der Waals surface area contributed by atoms with Crippen LogP contribution in [-0.4, -0.2) is 39.2 Å². The minimum atomic E-state index is -0.255. The van der Waals surface area contributed by atoms with Crippen molar-refractivity contribution in [3.8, 4) is 0 Å². The normalized spacial score (nSPS) is 20.6. The van der Waals surface area contributed by atoms with E-state index in [2.05, 4.69) is 15.0 Å². The van der Waals surface area contributed by atoms with Gasteiger partial charge in [0.15, 0.2) is 10.3 Å². The number of carbonyl (C=O) groups is 1. The maximum atomic E-state index is 11.9. The summed E-state index contributed by atoms with van der Waals surface area (Å²) in [6.07, 6.45) is 3.16. The average molecular weight is 264 g/mol. The Bertz CT molecular complexity index is 514. The van der Waals surface area contributed by atoms with Crippen LogP contribution in [0, 0.1) is 0 Å². The first-order chi connectivity index (χ1) is 8.34. The molecule has 0 saturated carbocycles. The second-order valence-corrected chi connectivity index (χ2v) is 5.49. The summed E-state index contributed by atoms with van der Waals surface area (Å²) in [7, 11) is 3.03. The monoisotopic (exact) mass is 264 g/mol. The number of fused-ring (bicyclic) bond motifs is 1. The van der Waals surface area contributed by atoms with Gasteiger partial charge in [0, 0.05) is 18.9 Å². The summed E-state index contributed by atoms with van der Waals surface area (Å²) in [6, 6.07) is 3.44. The van der Waals surface area contributed by atoms with Gasteiger partial charge >= 0.3 is 0 Å². The zero-order chi connectivity index (χ0) is 11.7. The van der Waals surface area contributed by atoms with Crippen molar-refractivity contribution in [2.24, 2.45) is 9.98 Å². The molecule has 0 aliphatic carbocycles. The van der Waals surface area contributed by atoms with Crippen molar-refractivity contribution < 1.29 is 4.79 Å². The van der Waals surface area contributed by atoms with Crippen LogP contribution in [0.15, 0.2) is 34.5 Å². The van der Waals surface area contributed by atoms with Crippen molar-refractivity contribution in [3.05, 3.63) is 30.1 Å². The first-order valence-corrected chi connectivity index (χ1v) is 7.19. The fourth-order valence-electron chi connectivity index (χ4n) is 1.51. The molecule has 7 heteroatoms. The lowest BCUT2D eigenvalue weighted by Gasteiger charge is -2.09. The number of nitrogens with zero attached hydrogens (tertiary/aromatic N) is 4. The van der Waals surface area contributed by atoms with Crippen LogP contribution in [0.4, 0.5) is 0 Å². The summed E-state index contributed by atoms with van der Waals surface area (Å²) in [5.74, 6) is -0.255. The van der Waals surface area contributed by atoms with Gasteiger partial charge in [-0.25, -0.2) is 0 Å². The number of pyridine rings is 1. The molecule has 0 radical (unpaired) electrons. The molecule has 1 aromatic heterocycles. The Hall–Kier alpha value is -1.34. The zero-order valence-electron chi connectivity index (χ0n) is 8.74. The van der Waals surface area contributed by atoms with E-state index in [9.17, 15) is 4.79 Å². The molecule has 1 amide bonds. The van der Waals surface area contributed by atoms with Gasteiger partial charge in [0.1, 0.15) is 0 Å². The van der Waals surface area contributed by atoms with Crippen LogP contribution in [0.1, 0.15) is 10.4 Å². The molecule has 0 N–H and O–H groups in total. The van der Waals surface area contributed by atoms with E-state index in [0.717, 1.165) is 23.4 Å². The second kappa shape index (κ2) is 4.50. The third-order valence-corrected chi connectivity index (χ3v) is 4.52. The van der Waals surface area contributed by atoms with Crippen LogP contribution >= 0.6 is 21.6 Å². The van der Waals surface area contributed by atoms with Crippen molar-refractivity contribution in [1.82, 2.24) is 9.88 Å². The van der Waals surface area contributed by atoms with Gasteiger partial charge in [-0.15, -0.1) is 0 Å². The number of aliphatic imine (C=N–C) groups is 2. The number of hydrogen-bond donors (Lipinski definition) is 0. The Labute approximate surface area is 106 Å². The Kier molecular flexibility index (Phi) is 2.86. The van der Waals surface area contributed by atoms with Crippen molar-refractivity contribution in [2.75, 3.05) is 13.1 Å². The molecule has 5 nitrogen and oxygen atoms in total. The maximum absolute atomic E-state index is 11.9. The summed E-state index contributed by atoms with van der Waals surface area (Å²) in [4.78, 5) is 26.2. The molecule has 86 valence electrons. The SMILES string of the molecule is O=C(N=C1SSC2=NCCN21)c1cccnc1. The Balaban J connectivity index is 1.83. The molecule has 0 aromatic carbocycles. The third-order valence-electron chi connectivity index (χ3n) is 2.33. The van der Waals surface area contributed by atoms with Crippen LogP contribution in [0.25, 0.3) is 0 Å². The number of amides is 1. The molecule has 0 atom stereocenters. The summed E-state index contributed by atoms with van der Waals surface area (Å²) in [6.45, 7) is 1.59. The lowest BCUT2D eigenvalue weighted by molar-refractivity contribution is 0.100. The maximum Gasteiger partial charge on any atom is 0.280 e. The Morgan fingerprint density at radius 2 is 2.41 bits per heavy atom. The quantitative estimate of drug-likeness (QED) is 0.722. The first kappa shape index (κ1) is 10.8. The molecule has 1 saturated heterocycles. The summed E-state index contributed by atoms with van der Waals surface area (Å²) < 4.78 is 0. The highest BCUT2D eigenvalue weighted by Gasteiger charge is 2.31. The predicted octanol–water partition coefficient (Wildman–Crippen LogP) is 1.64. The zero-order valence-corrected chi connectivity index (χ0v) is 10.4. The average Bonchev–Trinajstić information content (AvgIpc) is 2.95. The summed E-state index contributed by atoms with van der Waals surface area (Å²) in [5.41, 5.74) is 0.509. The van der Waals surface area contributed by atoms with Crippen LogP contribution in [0.3, 0.4) is 0 Å². The fourth-order valence-corrected chi connectivity index (χ4v) is 3.78. The first-order valence-electron chi connectivity index (χ1n) is 5.04. The van der Waals surface area contributed by atoms with Gasteiger partial charge in [-0.3, -0.25) is 19.7 Å². The minimum absolute atomic E-state index is 0.255. The summed E-state index contributed by atoms with van der Waals surface area (Å²) >= 11 is 0. The van der Waals surface area contributed by atoms with E-state index in [-0.39, 0.29) is 5.91 Å². The number of aromatic nitrogens is 1. The van der Waals surface area contributed by atoms with E-state index in [4.69, 9.17) is 0 Å². The van der Waals surface area contributed by atoms with Crippen molar-refractivity contribution in [3.63, 3.8) is 0 Å². The van der Waals surface area contributed by atoms with Gasteiger partial charge in [-0.2, -0.15) is 4.99 Å². The van der Waals surface area contributed by atoms with Gasteiger partial charge in [-0.1, -0.05) is 0 Å². The summed E-state index contributed by atoms with van der Waals surface area (Å²) in [5, 5.41) is 1.67. The minimum Gasteiger partial charge on any atom is -0.297 e. The number of amidine groups is 2. The fraction of sp³-hybridized carbons (Fsp3) is 0.200. The van der Waals surface area contributed by atoms with Crippen LogP contribution in [0.5, 0.6) is 0 Å². The highest BCUT2D eigenvalue weighted by atomic mass is 33.1. The van der Waals surface area contributed by atoms with Gasteiger partial charge in [-0.05, 0) is 33.7 Å². The molecule has 0 bridgehead atoms. The molecule has 0 unspecified atom stereocenters. The highest BCUT2D eigenvalue weighted by molar-refractivity contribution is 8.88. The van der Waals surface area contributed by atoms with E-state index < -0.39 is 0 Å². The van der Waals surface area contributed by atoms with Crippen LogP contribution < -0.4 is 0 Å². The van der Waals surface area contributed by atoms with E-state index in [1.165, 1.54) is 17.0 Å². The van der Waals surface area contributed by atoms with Crippen LogP contribution in [0.2, 0.25) is 0 Å². The van der Waals surface area contributed by atoms with Gasteiger partial charge in [0.25, 0.3) is 5.91 Å². The van der Waals surface area contributed by atoms with Crippen LogP contribution in [-0.2, 0) is 0 Å².